The summed E-state index contributed by atoms with van der Waals surface area (Å²) in [5.74, 6) is -0.645. The lowest BCUT2D eigenvalue weighted by Gasteiger charge is -2.09. The van der Waals surface area contributed by atoms with Gasteiger partial charge in [0.1, 0.15) is 11.4 Å². The number of benzene rings is 3. The van der Waals surface area contributed by atoms with Gasteiger partial charge in [0, 0.05) is 29.6 Å². The number of rotatable bonds is 5. The molecule has 0 heterocycles. The number of nitrogens with one attached hydrogen (secondary N) is 1. The van der Waals surface area contributed by atoms with E-state index in [0.717, 1.165) is 23.9 Å². The SMILES string of the molecule is O=[N+]([O-])c1ccc([O-])c(N=Nc2ccc(Nc3ccccc3)cc2O)c1. The molecule has 0 aliphatic rings. The molecule has 3 rings (SSSR count). The maximum Gasteiger partial charge on any atom is 0.271 e. The van der Waals surface area contributed by atoms with Crippen molar-refractivity contribution in [2.24, 2.45) is 10.2 Å². The predicted molar refractivity (Wildman–Crippen MR) is 94.5 cm³/mol. The summed E-state index contributed by atoms with van der Waals surface area (Å²) >= 11 is 0. The summed E-state index contributed by atoms with van der Waals surface area (Å²) in [5, 5.41) is 43.2. The number of hydrogen-bond acceptors (Lipinski definition) is 7. The summed E-state index contributed by atoms with van der Waals surface area (Å²) in [6, 6.07) is 17.3. The molecule has 3 aromatic rings. The maximum atomic E-state index is 11.7. The highest BCUT2D eigenvalue weighted by atomic mass is 16.6. The van der Waals surface area contributed by atoms with Crippen LogP contribution in [0.15, 0.2) is 77.0 Å². The van der Waals surface area contributed by atoms with Crippen molar-refractivity contribution in [2.75, 3.05) is 5.32 Å². The number of hydrogen-bond donors (Lipinski definition) is 2. The van der Waals surface area contributed by atoms with Gasteiger partial charge in [-0.05, 0) is 24.3 Å². The highest BCUT2D eigenvalue weighted by Gasteiger charge is 2.07. The average Bonchev–Trinajstić information content (AvgIpc) is 2.63. The molecular formula is C18H13N4O4-. The van der Waals surface area contributed by atoms with Gasteiger partial charge in [0.2, 0.25) is 0 Å². The first kappa shape index (κ1) is 16.9. The topological polar surface area (TPSA) is 123 Å². The fraction of sp³-hybridized carbons (Fsp3) is 0. The first-order valence-electron chi connectivity index (χ1n) is 7.55. The molecule has 0 saturated carbocycles. The number of non-ortho nitro benzene ring substituents is 1. The van der Waals surface area contributed by atoms with Crippen LogP contribution in [0, 0.1) is 10.1 Å². The van der Waals surface area contributed by atoms with Crippen LogP contribution in [-0.2, 0) is 0 Å². The van der Waals surface area contributed by atoms with E-state index in [4.69, 9.17) is 0 Å². The Morgan fingerprint density at radius 1 is 0.885 bits per heavy atom. The second-order valence-corrected chi connectivity index (χ2v) is 5.30. The molecule has 0 saturated heterocycles. The van der Waals surface area contributed by atoms with Crippen LogP contribution in [0.4, 0.5) is 28.4 Å². The number of anilines is 2. The van der Waals surface area contributed by atoms with E-state index in [9.17, 15) is 20.3 Å². The Kier molecular flexibility index (Phi) is 4.75. The number of phenols is 1. The minimum Gasteiger partial charge on any atom is -0.871 e. The third-order valence-electron chi connectivity index (χ3n) is 3.46. The lowest BCUT2D eigenvalue weighted by Crippen LogP contribution is -1.92. The van der Waals surface area contributed by atoms with E-state index in [1.807, 2.05) is 30.3 Å². The number of aromatic hydroxyl groups is 1. The Hall–Kier alpha value is -3.94. The van der Waals surface area contributed by atoms with Crippen LogP contribution in [0.25, 0.3) is 0 Å². The normalized spacial score (nSPS) is 10.8. The van der Waals surface area contributed by atoms with Gasteiger partial charge in [-0.3, -0.25) is 10.1 Å². The van der Waals surface area contributed by atoms with E-state index >= 15 is 0 Å². The summed E-state index contributed by atoms with van der Waals surface area (Å²) in [4.78, 5) is 10.1. The molecule has 0 amide bonds. The molecule has 0 atom stereocenters. The summed E-state index contributed by atoms with van der Waals surface area (Å²) < 4.78 is 0. The number of nitro groups is 1. The van der Waals surface area contributed by atoms with E-state index in [-0.39, 0.29) is 22.8 Å². The van der Waals surface area contributed by atoms with Gasteiger partial charge in [-0.15, -0.1) is 5.11 Å². The lowest BCUT2D eigenvalue weighted by atomic mass is 10.2. The quantitative estimate of drug-likeness (QED) is 0.398. The predicted octanol–water partition coefficient (Wildman–Crippen LogP) is 4.53. The third kappa shape index (κ3) is 3.93. The zero-order valence-corrected chi connectivity index (χ0v) is 13.4. The maximum absolute atomic E-state index is 11.7. The van der Waals surface area contributed by atoms with Crippen molar-refractivity contribution in [3.8, 4) is 11.5 Å². The molecule has 26 heavy (non-hydrogen) atoms. The standard InChI is InChI=1S/C18H14N4O4/c23-17-9-7-14(22(25)26)11-16(17)21-20-15-8-6-13(10-18(15)24)19-12-4-2-1-3-5-12/h1-11,19,23-24H/p-1. The van der Waals surface area contributed by atoms with Gasteiger partial charge in [0.25, 0.3) is 5.69 Å². The van der Waals surface area contributed by atoms with E-state index in [0.29, 0.717) is 5.69 Å². The molecule has 130 valence electrons. The number of phenolic OH excluding ortho intramolecular Hbond substituents is 1. The number of nitro benzene ring substituents is 1. The Balaban J connectivity index is 1.81. The Morgan fingerprint density at radius 3 is 2.31 bits per heavy atom. The second kappa shape index (κ2) is 7.31. The van der Waals surface area contributed by atoms with Gasteiger partial charge in [-0.2, -0.15) is 5.11 Å². The molecule has 0 aliphatic carbocycles. The molecule has 0 fully saturated rings. The smallest absolute Gasteiger partial charge is 0.271 e. The Morgan fingerprint density at radius 2 is 1.62 bits per heavy atom. The van der Waals surface area contributed by atoms with Gasteiger partial charge in [0.05, 0.1) is 10.6 Å². The molecule has 0 aromatic heterocycles. The summed E-state index contributed by atoms with van der Waals surface area (Å²) in [6.07, 6.45) is 0. The minimum absolute atomic E-state index is 0.134. The van der Waals surface area contributed by atoms with Crippen molar-refractivity contribution in [1.82, 2.24) is 0 Å². The van der Waals surface area contributed by atoms with Gasteiger partial charge < -0.3 is 15.5 Å². The molecule has 0 spiro atoms. The van der Waals surface area contributed by atoms with Crippen LogP contribution >= 0.6 is 0 Å². The molecule has 0 aliphatic heterocycles. The highest BCUT2D eigenvalue weighted by Crippen LogP contribution is 2.34. The molecule has 0 bridgehead atoms. The molecule has 3 aromatic carbocycles. The zero-order valence-electron chi connectivity index (χ0n) is 13.4. The zero-order chi connectivity index (χ0) is 18.5. The Labute approximate surface area is 148 Å². The first-order valence-corrected chi connectivity index (χ1v) is 7.55. The largest absolute Gasteiger partial charge is 0.871 e. The number of azo groups is 1. The first-order chi connectivity index (χ1) is 12.5. The van der Waals surface area contributed by atoms with Gasteiger partial charge in [0.15, 0.2) is 0 Å². The molecule has 8 heteroatoms. The van der Waals surface area contributed by atoms with Crippen molar-refractivity contribution < 1.29 is 15.1 Å². The van der Waals surface area contributed by atoms with Crippen LogP contribution in [0.5, 0.6) is 11.5 Å². The average molecular weight is 349 g/mol. The van der Waals surface area contributed by atoms with Crippen molar-refractivity contribution in [2.45, 2.75) is 0 Å². The molecule has 0 unspecified atom stereocenters. The molecule has 8 nitrogen and oxygen atoms in total. The van der Waals surface area contributed by atoms with Crippen molar-refractivity contribution >= 4 is 28.4 Å². The highest BCUT2D eigenvalue weighted by molar-refractivity contribution is 5.66. The second-order valence-electron chi connectivity index (χ2n) is 5.30. The minimum atomic E-state index is -0.625. The van der Waals surface area contributed by atoms with Crippen molar-refractivity contribution in [1.29, 1.82) is 0 Å². The van der Waals surface area contributed by atoms with E-state index in [1.165, 1.54) is 12.1 Å². The third-order valence-corrected chi connectivity index (χ3v) is 3.46. The van der Waals surface area contributed by atoms with Crippen molar-refractivity contribution in [3.63, 3.8) is 0 Å². The van der Waals surface area contributed by atoms with Crippen molar-refractivity contribution in [3.05, 3.63) is 76.8 Å². The number of nitrogens with zero attached hydrogens (tertiary/aromatic N) is 3. The van der Waals surface area contributed by atoms with Gasteiger partial charge >= 0.3 is 0 Å². The van der Waals surface area contributed by atoms with Gasteiger partial charge in [-0.1, -0.05) is 30.0 Å². The fourth-order valence-electron chi connectivity index (χ4n) is 2.18. The number of para-hydroxylation sites is 1. The molecular weight excluding hydrogens is 336 g/mol. The van der Waals surface area contributed by atoms with E-state index < -0.39 is 10.7 Å². The van der Waals surface area contributed by atoms with Crippen LogP contribution in [-0.4, -0.2) is 10.0 Å². The van der Waals surface area contributed by atoms with Gasteiger partial charge in [-0.25, -0.2) is 0 Å². The van der Waals surface area contributed by atoms with Crippen LogP contribution in [0.1, 0.15) is 0 Å². The van der Waals surface area contributed by atoms with Crippen LogP contribution in [0.2, 0.25) is 0 Å². The van der Waals surface area contributed by atoms with Crippen LogP contribution in [0.3, 0.4) is 0 Å². The summed E-state index contributed by atoms with van der Waals surface area (Å²) in [7, 11) is 0. The Bertz CT molecular complexity index is 974. The lowest BCUT2D eigenvalue weighted by molar-refractivity contribution is -0.385. The fourth-order valence-corrected chi connectivity index (χ4v) is 2.18. The summed E-state index contributed by atoms with van der Waals surface area (Å²) in [5.41, 5.74) is 1.20. The van der Waals surface area contributed by atoms with E-state index in [1.54, 1.807) is 6.07 Å². The monoisotopic (exact) mass is 349 g/mol. The van der Waals surface area contributed by atoms with Crippen LogP contribution < -0.4 is 10.4 Å². The summed E-state index contributed by atoms with van der Waals surface area (Å²) in [6.45, 7) is 0. The van der Waals surface area contributed by atoms with E-state index in [2.05, 4.69) is 15.5 Å². The molecule has 0 radical (unpaired) electrons. The molecule has 2 N–H and O–H groups in total.